The van der Waals surface area contributed by atoms with E-state index in [1.54, 1.807) is 131 Å². The molecule has 0 radical (unpaired) electrons. The first-order chi connectivity index (χ1) is 62.2. The van der Waals surface area contributed by atoms with Gasteiger partial charge < -0.3 is 82.1 Å². The number of amides is 4. The average Bonchev–Trinajstić information content (AvgIpc) is 1.64. The van der Waals surface area contributed by atoms with E-state index >= 15 is 0 Å². The predicted molar refractivity (Wildman–Crippen MR) is 493 cm³/mol. The van der Waals surface area contributed by atoms with Crippen molar-refractivity contribution in [2.45, 2.75) is 306 Å². The third-order valence-electron chi connectivity index (χ3n) is 20.6. The number of esters is 4. The molecular formula is C91H127Cl4N17O22. The summed E-state index contributed by atoms with van der Waals surface area (Å²) in [7, 11) is 0. The number of carbonyl (C=O) groups is 10. The Morgan fingerprint density at radius 3 is 0.918 bits per heavy atom. The number of carbonyl (C=O) groups excluding carboxylic acids is 9. The van der Waals surface area contributed by atoms with Crippen LogP contribution in [0.3, 0.4) is 0 Å². The molecule has 4 amide bonds. The van der Waals surface area contributed by atoms with Crippen LogP contribution in [-0.2, 0) is 71.3 Å². The van der Waals surface area contributed by atoms with Crippen LogP contribution in [0.1, 0.15) is 300 Å². The number of aromatic carboxylic acids is 1. The summed E-state index contributed by atoms with van der Waals surface area (Å²) in [6.45, 7) is 50.3. The number of halogens is 4. The zero-order valence-corrected chi connectivity index (χ0v) is 83.9. The number of carboxylic acid groups (broad SMARTS) is 1. The fourth-order valence-corrected chi connectivity index (χ4v) is 15.7. The summed E-state index contributed by atoms with van der Waals surface area (Å²) < 4.78 is 68.8. The standard InChI is InChI=1S/C22H31ClN4O5.C19H25ClN4O4.C18H31NO6.C17H23ClN4O3.C15H17ClN4O4/c1-13(30-14-8-9-26(12-14)20(29)32-22(5,6)7)18-15(19(28)31-21(2,3)4)11-24-17-10-16(23)25-27(17)18;1-11(27-13-6-7-23(10-13)12(2)25)17-14(18(26)28-19(3,4)5)9-21-16-8-15(20)22-24(16)17;1-12(14(20)10-15(21)24-17(2,3)4)23-13-8-9-19(11-13)16(22)25-18(5,6)7;1-10(24-11-5-6-19-8-11)15-12(16(23)25-17(2,3)4)9-20-14-7-13(18)21-22(14)15;1-8(24-10-3-4-19(7-10)9(2)21)14-11(15(22)23)6-17-13-5-12(16)18-20(13)14/h10-11,13-14H,8-9,12H2,1-7H3;8-9,11,13H,6-7,10H2,1-5H3;12-13H,8-11H2,1-7H3;7,9-11,19H,5-6,8H2,1-4H3;5-6,8,10H,3-4,7H2,1-2H3,(H,22,23)/t13-,14+;11-,13+;12-,13+;10-,11+;8-,10+/m00000/s1. The van der Waals surface area contributed by atoms with E-state index in [0.29, 0.717) is 128 Å². The normalized spacial score (nSPS) is 18.8. The summed E-state index contributed by atoms with van der Waals surface area (Å²) in [5.74, 6) is -3.45. The summed E-state index contributed by atoms with van der Waals surface area (Å²) in [4.78, 5) is 145. The van der Waals surface area contributed by atoms with E-state index in [1.807, 2.05) is 83.1 Å². The Labute approximate surface area is 799 Å². The Hall–Kier alpha value is -10.1. The molecule has 736 valence electrons. The van der Waals surface area contributed by atoms with Crippen LogP contribution in [-0.4, -0.2) is 278 Å². The van der Waals surface area contributed by atoms with Crippen molar-refractivity contribution >= 4 is 129 Å². The van der Waals surface area contributed by atoms with Crippen LogP contribution < -0.4 is 5.32 Å². The van der Waals surface area contributed by atoms with Crippen LogP contribution >= 0.6 is 46.4 Å². The molecule has 0 aromatic carbocycles. The van der Waals surface area contributed by atoms with E-state index in [4.69, 9.17) is 98.5 Å². The van der Waals surface area contributed by atoms with Gasteiger partial charge in [-0.05, 0) is 198 Å². The number of likely N-dealkylation sites (tertiary alicyclic amines) is 4. The van der Waals surface area contributed by atoms with Gasteiger partial charge in [0, 0.05) is 109 Å². The van der Waals surface area contributed by atoms with Gasteiger partial charge in [0.05, 0.1) is 90.8 Å². The molecule has 5 saturated heterocycles. The van der Waals surface area contributed by atoms with Gasteiger partial charge >= 0.3 is 42.0 Å². The number of hydrogen-bond donors (Lipinski definition) is 2. The summed E-state index contributed by atoms with van der Waals surface area (Å²) in [5, 5.41) is 30.7. The lowest BCUT2D eigenvalue weighted by molar-refractivity contribution is -0.158. The minimum absolute atomic E-state index is 0.00476. The summed E-state index contributed by atoms with van der Waals surface area (Å²) in [5.41, 5.74) is 1.21. The smallest absolute Gasteiger partial charge is 0.410 e. The van der Waals surface area contributed by atoms with Crippen molar-refractivity contribution in [2.24, 2.45) is 0 Å². The lowest BCUT2D eigenvalue weighted by Gasteiger charge is -2.25. The first-order valence-electron chi connectivity index (χ1n) is 44.5. The number of nitrogens with one attached hydrogen (secondary N) is 1. The molecule has 0 spiro atoms. The quantitative estimate of drug-likeness (QED) is 0.0383. The molecule has 5 aliphatic rings. The first-order valence-corrected chi connectivity index (χ1v) is 46.0. The van der Waals surface area contributed by atoms with Crippen molar-refractivity contribution in [3.8, 4) is 0 Å². The molecule has 0 saturated carbocycles. The Balaban J connectivity index is 0.000000189. The topological polar surface area (TPSA) is 438 Å². The van der Waals surface area contributed by atoms with E-state index in [-0.39, 0.29) is 105 Å². The van der Waals surface area contributed by atoms with Crippen molar-refractivity contribution in [3.05, 3.63) is 115 Å². The number of ketones is 1. The molecule has 5 fully saturated rings. The summed E-state index contributed by atoms with van der Waals surface area (Å²) in [6, 6.07) is 6.42. The van der Waals surface area contributed by atoms with E-state index in [0.717, 1.165) is 25.9 Å². The first kappa shape index (κ1) is 108. The molecule has 8 aromatic rings. The third kappa shape index (κ3) is 31.2. The van der Waals surface area contributed by atoms with Crippen molar-refractivity contribution in [1.29, 1.82) is 0 Å². The number of hydrogen-bond acceptors (Lipinski definition) is 30. The van der Waals surface area contributed by atoms with Crippen molar-refractivity contribution in [2.75, 3.05) is 65.4 Å². The molecule has 39 nitrogen and oxygen atoms in total. The molecule has 0 unspecified atom stereocenters. The lowest BCUT2D eigenvalue weighted by atomic mass is 10.1. The lowest BCUT2D eigenvalue weighted by Crippen LogP contribution is -2.37. The zero-order valence-electron chi connectivity index (χ0n) is 80.9. The molecule has 43 heteroatoms. The van der Waals surface area contributed by atoms with Gasteiger partial charge in [-0.3, -0.25) is 19.2 Å². The number of Topliss-reactive ketones (excluding diaryl/α,β-unsaturated/α-hetero) is 1. The van der Waals surface area contributed by atoms with Crippen LogP contribution in [0.5, 0.6) is 0 Å². The molecular weight excluding hydrogens is 1820 g/mol. The Morgan fingerprint density at radius 2 is 0.649 bits per heavy atom. The maximum absolute atomic E-state index is 12.9. The van der Waals surface area contributed by atoms with Gasteiger partial charge in [0.25, 0.3) is 0 Å². The molecule has 8 aromatic heterocycles. The number of aromatic nitrogens is 12. The largest absolute Gasteiger partial charge is 0.478 e. The highest BCUT2D eigenvalue weighted by Crippen LogP contribution is 2.35. The van der Waals surface area contributed by atoms with Gasteiger partial charge in [0.15, 0.2) is 49.0 Å². The maximum atomic E-state index is 12.9. The van der Waals surface area contributed by atoms with E-state index in [9.17, 15) is 53.1 Å². The Kier molecular flexibility index (Phi) is 36.0. The Morgan fingerprint density at radius 1 is 0.381 bits per heavy atom. The fourth-order valence-electron chi connectivity index (χ4n) is 15.0. The highest BCUT2D eigenvalue weighted by atomic mass is 35.5. The fraction of sp³-hybridized carbons (Fsp3) is 0.626. The number of rotatable bonds is 21. The summed E-state index contributed by atoms with van der Waals surface area (Å²) >= 11 is 24.1. The van der Waals surface area contributed by atoms with Gasteiger partial charge in [0.1, 0.15) is 68.4 Å². The van der Waals surface area contributed by atoms with E-state index in [1.165, 1.54) is 45.3 Å². The molecule has 134 heavy (non-hydrogen) atoms. The highest BCUT2D eigenvalue weighted by Gasteiger charge is 2.39. The van der Waals surface area contributed by atoms with Gasteiger partial charge in [0.2, 0.25) is 11.8 Å². The second-order valence-corrected chi connectivity index (χ2v) is 40.7. The minimum atomic E-state index is -1.11. The molecule has 10 atom stereocenters. The third-order valence-corrected chi connectivity index (χ3v) is 21.3. The monoisotopic (exact) mass is 1950 g/mol. The van der Waals surface area contributed by atoms with Crippen molar-refractivity contribution < 1.29 is 105 Å². The number of nitrogens with zero attached hydrogens (tertiary/aromatic N) is 16. The van der Waals surface area contributed by atoms with Crippen molar-refractivity contribution in [3.63, 3.8) is 0 Å². The van der Waals surface area contributed by atoms with Gasteiger partial charge in [-0.15, -0.1) is 0 Å². The zero-order chi connectivity index (χ0) is 99.5. The minimum Gasteiger partial charge on any atom is -0.478 e. The SMILES string of the molecule is CC(=O)N1CC[C@@H](O[C@@H](C)c2c(C(=O)O)cnc3cc(Cl)nn23)C1.CC(=O)N1CC[C@@H](O[C@@H](C)c2c(C(=O)OC(C)(C)C)cnc3cc(Cl)nn23)C1.C[C@H](O[C@@H]1CCN(C(=O)OC(C)(C)C)C1)C(=O)CC(=O)OC(C)(C)C.C[C@H](O[C@@H]1CCN(C(=O)OC(C)(C)C)C1)c1c(C(=O)OC(C)(C)C)cnc2cc(Cl)nn12.C[C@H](O[C@@H]1CCNC1)c1c(C(=O)OC(C)(C)C)cnc2cc(Cl)nn12. The van der Waals surface area contributed by atoms with Crippen LogP contribution in [0.25, 0.3) is 22.6 Å². The van der Waals surface area contributed by atoms with Crippen LogP contribution in [0, 0.1) is 0 Å². The van der Waals surface area contributed by atoms with E-state index < -0.39 is 87.9 Å². The van der Waals surface area contributed by atoms with Gasteiger partial charge in [-0.25, -0.2) is 66.8 Å². The molecule has 0 bridgehead atoms. The van der Waals surface area contributed by atoms with Gasteiger partial charge in [-0.1, -0.05) is 46.4 Å². The maximum Gasteiger partial charge on any atom is 0.410 e. The molecule has 0 aliphatic carbocycles. The predicted octanol–water partition coefficient (Wildman–Crippen LogP) is 14.7. The number of carboxylic acids is 1. The number of fused-ring (bicyclic) bond motifs is 4. The second kappa shape index (κ2) is 44.8. The van der Waals surface area contributed by atoms with E-state index in [2.05, 4.69) is 45.6 Å². The van der Waals surface area contributed by atoms with Crippen LogP contribution in [0.2, 0.25) is 20.6 Å². The molecule has 2 N–H and O–H groups in total. The van der Waals surface area contributed by atoms with Crippen LogP contribution in [0.15, 0.2) is 49.1 Å². The summed E-state index contributed by atoms with van der Waals surface area (Å²) in [6.07, 6.45) is 4.98. The van der Waals surface area contributed by atoms with Gasteiger partial charge in [-0.2, -0.15) is 20.4 Å². The Bertz CT molecular complexity index is 5540. The molecule has 5 aliphatic heterocycles. The van der Waals surface area contributed by atoms with Crippen LogP contribution in [0.4, 0.5) is 9.59 Å². The number of ether oxygens (including phenoxy) is 11. The van der Waals surface area contributed by atoms with Crippen molar-refractivity contribution in [1.82, 2.24) is 83.3 Å². The second-order valence-electron chi connectivity index (χ2n) is 39.1. The highest BCUT2D eigenvalue weighted by molar-refractivity contribution is 6.30. The molecule has 13 rings (SSSR count). The average molecular weight is 1950 g/mol. The molecule has 13 heterocycles.